The lowest BCUT2D eigenvalue weighted by Crippen LogP contribution is -2.44. The van der Waals surface area contributed by atoms with Crippen molar-refractivity contribution < 1.29 is 8.42 Å². The normalized spacial score (nSPS) is 20.3. The molecule has 7 heteroatoms. The SMILES string of the molecule is CN(CC1CCCCN1)S(=O)(=O)c1ccc(Cl)c(Br)c1. The molecule has 0 saturated carbocycles. The van der Waals surface area contributed by atoms with Crippen LogP contribution in [0.1, 0.15) is 19.3 Å². The van der Waals surface area contributed by atoms with Crippen LogP contribution >= 0.6 is 27.5 Å². The maximum absolute atomic E-state index is 12.5. The van der Waals surface area contributed by atoms with Crippen LogP contribution in [-0.4, -0.2) is 38.9 Å². The van der Waals surface area contributed by atoms with Gasteiger partial charge in [-0.25, -0.2) is 8.42 Å². The predicted molar refractivity (Wildman–Crippen MR) is 84.6 cm³/mol. The molecule has 0 spiro atoms. The summed E-state index contributed by atoms with van der Waals surface area (Å²) in [7, 11) is -1.85. The Hall–Kier alpha value is -0.140. The van der Waals surface area contributed by atoms with Crippen molar-refractivity contribution in [3.63, 3.8) is 0 Å². The second-order valence-electron chi connectivity index (χ2n) is 5.01. The molecule has 0 aromatic heterocycles. The Bertz CT molecular complexity index is 574. The molecule has 1 aromatic carbocycles. The number of halogens is 2. The first-order chi connectivity index (χ1) is 9.41. The molecule has 1 saturated heterocycles. The maximum atomic E-state index is 12.5. The summed E-state index contributed by atoms with van der Waals surface area (Å²) in [5, 5.41) is 3.86. The number of benzene rings is 1. The molecule has 1 atom stereocenters. The number of sulfonamides is 1. The van der Waals surface area contributed by atoms with Crippen molar-refractivity contribution in [2.45, 2.75) is 30.2 Å². The molecule has 0 aliphatic carbocycles. The number of hydrogen-bond acceptors (Lipinski definition) is 3. The third-order valence-corrected chi connectivity index (χ3v) is 6.52. The van der Waals surface area contributed by atoms with E-state index < -0.39 is 10.0 Å². The van der Waals surface area contributed by atoms with E-state index in [0.29, 0.717) is 16.0 Å². The van der Waals surface area contributed by atoms with Crippen molar-refractivity contribution in [2.24, 2.45) is 0 Å². The second kappa shape index (κ2) is 6.75. The zero-order valence-corrected chi connectivity index (χ0v) is 14.4. The topological polar surface area (TPSA) is 49.4 Å². The van der Waals surface area contributed by atoms with Gasteiger partial charge < -0.3 is 5.32 Å². The minimum Gasteiger partial charge on any atom is -0.313 e. The molecule has 2 rings (SSSR count). The standard InChI is InChI=1S/C13H18BrClN2O2S/c1-17(9-10-4-2-3-7-16-10)20(18,19)11-5-6-13(15)12(14)8-11/h5-6,8,10,16H,2-4,7,9H2,1H3. The molecular weight excluding hydrogens is 364 g/mol. The third kappa shape index (κ3) is 3.74. The van der Waals surface area contributed by atoms with Gasteiger partial charge in [0.2, 0.25) is 10.0 Å². The molecule has 4 nitrogen and oxygen atoms in total. The number of hydrogen-bond donors (Lipinski definition) is 1. The van der Waals surface area contributed by atoms with Crippen molar-refractivity contribution in [2.75, 3.05) is 20.1 Å². The van der Waals surface area contributed by atoms with Gasteiger partial charge >= 0.3 is 0 Å². The van der Waals surface area contributed by atoms with Gasteiger partial charge in [0.15, 0.2) is 0 Å². The number of rotatable bonds is 4. The molecule has 1 aromatic rings. The summed E-state index contributed by atoms with van der Waals surface area (Å²) in [4.78, 5) is 0.257. The van der Waals surface area contributed by atoms with Gasteiger partial charge in [0.25, 0.3) is 0 Å². The smallest absolute Gasteiger partial charge is 0.242 e. The summed E-state index contributed by atoms with van der Waals surface area (Å²) in [6.07, 6.45) is 3.33. The number of nitrogens with zero attached hydrogens (tertiary/aromatic N) is 1. The van der Waals surface area contributed by atoms with Crippen molar-refractivity contribution in [3.8, 4) is 0 Å². The Morgan fingerprint density at radius 2 is 2.20 bits per heavy atom. The van der Waals surface area contributed by atoms with E-state index in [1.807, 2.05) is 0 Å². The maximum Gasteiger partial charge on any atom is 0.242 e. The minimum atomic E-state index is -3.47. The average Bonchev–Trinajstić information content (AvgIpc) is 2.42. The fourth-order valence-electron chi connectivity index (χ4n) is 2.31. The lowest BCUT2D eigenvalue weighted by molar-refractivity contribution is 0.337. The Labute approximate surface area is 133 Å². The van der Waals surface area contributed by atoms with Gasteiger partial charge in [-0.3, -0.25) is 0 Å². The zero-order chi connectivity index (χ0) is 14.8. The van der Waals surface area contributed by atoms with E-state index in [-0.39, 0.29) is 10.9 Å². The summed E-state index contributed by atoms with van der Waals surface area (Å²) in [6.45, 7) is 1.45. The zero-order valence-electron chi connectivity index (χ0n) is 11.3. The minimum absolute atomic E-state index is 0.235. The van der Waals surface area contributed by atoms with Gasteiger partial charge in [-0.05, 0) is 53.5 Å². The first kappa shape index (κ1) is 16.2. The third-order valence-electron chi connectivity index (χ3n) is 3.49. The average molecular weight is 382 g/mol. The lowest BCUT2D eigenvalue weighted by Gasteiger charge is -2.27. The van der Waals surface area contributed by atoms with Crippen molar-refractivity contribution in [1.29, 1.82) is 0 Å². The first-order valence-electron chi connectivity index (χ1n) is 6.56. The van der Waals surface area contributed by atoms with E-state index in [2.05, 4.69) is 21.2 Å². The van der Waals surface area contributed by atoms with E-state index in [9.17, 15) is 8.42 Å². The lowest BCUT2D eigenvalue weighted by atomic mass is 10.1. The fourth-order valence-corrected chi connectivity index (χ4v) is 4.20. The molecular formula is C13H18BrClN2O2S. The number of piperidine rings is 1. The summed E-state index contributed by atoms with van der Waals surface area (Å²) in [6, 6.07) is 4.90. The van der Waals surface area contributed by atoms with Crippen LogP contribution in [0.3, 0.4) is 0 Å². The Morgan fingerprint density at radius 3 is 2.80 bits per heavy atom. The highest BCUT2D eigenvalue weighted by Crippen LogP contribution is 2.26. The molecule has 0 radical (unpaired) electrons. The van der Waals surface area contributed by atoms with Crippen LogP contribution in [-0.2, 0) is 10.0 Å². The van der Waals surface area contributed by atoms with Crippen LogP contribution in [0.2, 0.25) is 5.02 Å². The molecule has 0 amide bonds. The Morgan fingerprint density at radius 1 is 1.45 bits per heavy atom. The molecule has 0 bridgehead atoms. The van der Waals surface area contributed by atoms with Gasteiger partial charge in [-0.1, -0.05) is 18.0 Å². The number of likely N-dealkylation sites (N-methyl/N-ethyl adjacent to an activating group) is 1. The summed E-state index contributed by atoms with van der Waals surface area (Å²) in [5.41, 5.74) is 0. The highest BCUT2D eigenvalue weighted by atomic mass is 79.9. The highest BCUT2D eigenvalue weighted by molar-refractivity contribution is 9.10. The van der Waals surface area contributed by atoms with Gasteiger partial charge in [-0.15, -0.1) is 0 Å². The van der Waals surface area contributed by atoms with Crippen molar-refractivity contribution in [3.05, 3.63) is 27.7 Å². The van der Waals surface area contributed by atoms with Gasteiger partial charge in [0.05, 0.1) is 9.92 Å². The van der Waals surface area contributed by atoms with E-state index >= 15 is 0 Å². The van der Waals surface area contributed by atoms with Gasteiger partial charge in [0.1, 0.15) is 0 Å². The Balaban J connectivity index is 2.13. The molecule has 1 unspecified atom stereocenters. The van der Waals surface area contributed by atoms with Crippen LogP contribution in [0.25, 0.3) is 0 Å². The summed E-state index contributed by atoms with van der Waals surface area (Å²) >= 11 is 9.16. The van der Waals surface area contributed by atoms with E-state index in [1.165, 1.54) is 10.4 Å². The van der Waals surface area contributed by atoms with E-state index in [1.54, 1.807) is 19.2 Å². The molecule has 1 aliphatic heterocycles. The van der Waals surface area contributed by atoms with Crippen LogP contribution in [0.4, 0.5) is 0 Å². The van der Waals surface area contributed by atoms with Crippen LogP contribution in [0.5, 0.6) is 0 Å². The monoisotopic (exact) mass is 380 g/mol. The van der Waals surface area contributed by atoms with E-state index in [0.717, 1.165) is 25.8 Å². The van der Waals surface area contributed by atoms with Crippen LogP contribution in [0, 0.1) is 0 Å². The van der Waals surface area contributed by atoms with Gasteiger partial charge in [-0.2, -0.15) is 4.31 Å². The quantitative estimate of drug-likeness (QED) is 0.872. The molecule has 1 aliphatic rings. The summed E-state index contributed by atoms with van der Waals surface area (Å²) < 4.78 is 27.0. The molecule has 1 heterocycles. The Kier molecular flexibility index (Phi) is 5.48. The summed E-state index contributed by atoms with van der Waals surface area (Å²) in [5.74, 6) is 0. The van der Waals surface area contributed by atoms with Crippen molar-refractivity contribution >= 4 is 37.6 Å². The molecule has 20 heavy (non-hydrogen) atoms. The fraction of sp³-hybridized carbons (Fsp3) is 0.538. The molecule has 1 fully saturated rings. The first-order valence-corrected chi connectivity index (χ1v) is 9.17. The molecule has 112 valence electrons. The van der Waals surface area contributed by atoms with Gasteiger partial charge in [0, 0.05) is 24.1 Å². The van der Waals surface area contributed by atoms with E-state index in [4.69, 9.17) is 11.6 Å². The van der Waals surface area contributed by atoms with Crippen molar-refractivity contribution in [1.82, 2.24) is 9.62 Å². The predicted octanol–water partition coefficient (Wildman–Crippen LogP) is 2.87. The second-order valence-corrected chi connectivity index (χ2v) is 8.31. The number of nitrogens with one attached hydrogen (secondary N) is 1. The van der Waals surface area contributed by atoms with Crippen LogP contribution < -0.4 is 5.32 Å². The largest absolute Gasteiger partial charge is 0.313 e. The van der Waals surface area contributed by atoms with Crippen LogP contribution in [0.15, 0.2) is 27.6 Å². The molecule has 1 N–H and O–H groups in total. The highest BCUT2D eigenvalue weighted by Gasteiger charge is 2.25.